The molecular formula is C17H24N2O5S. The Bertz CT molecular complexity index is 760. The SMILES string of the molecule is CC(C)(C)OC(=O)NC12CC(c3ccc(COS(C)(=O)=O)cn3)(C1)C2. The summed E-state index contributed by atoms with van der Waals surface area (Å²) < 4.78 is 32.1. The smallest absolute Gasteiger partial charge is 0.408 e. The van der Waals surface area contributed by atoms with Crippen molar-refractivity contribution in [1.29, 1.82) is 0 Å². The first-order valence-electron chi connectivity index (χ1n) is 8.22. The lowest BCUT2D eigenvalue weighted by Crippen LogP contribution is -2.77. The number of amides is 1. The maximum atomic E-state index is 11.9. The Kier molecular flexibility index (Phi) is 4.11. The number of nitrogens with one attached hydrogen (secondary N) is 1. The van der Waals surface area contributed by atoms with Gasteiger partial charge in [0.1, 0.15) is 5.60 Å². The molecule has 3 fully saturated rings. The molecule has 7 nitrogen and oxygen atoms in total. The third-order valence-corrected chi connectivity index (χ3v) is 5.15. The van der Waals surface area contributed by atoms with E-state index in [-0.39, 0.29) is 23.7 Å². The van der Waals surface area contributed by atoms with E-state index in [0.29, 0.717) is 5.56 Å². The summed E-state index contributed by atoms with van der Waals surface area (Å²) >= 11 is 0. The van der Waals surface area contributed by atoms with Crippen LogP contribution in [0.15, 0.2) is 18.3 Å². The van der Waals surface area contributed by atoms with Crippen molar-refractivity contribution in [3.63, 3.8) is 0 Å². The van der Waals surface area contributed by atoms with Crippen LogP contribution < -0.4 is 5.32 Å². The molecule has 3 aliphatic carbocycles. The minimum absolute atomic E-state index is 0.0107. The Morgan fingerprint density at radius 1 is 1.28 bits per heavy atom. The molecule has 4 rings (SSSR count). The Balaban J connectivity index is 1.54. The number of hydrogen-bond donors (Lipinski definition) is 1. The lowest BCUT2D eigenvalue weighted by Gasteiger charge is -2.70. The van der Waals surface area contributed by atoms with Crippen LogP contribution in [0.25, 0.3) is 0 Å². The molecular weight excluding hydrogens is 344 g/mol. The maximum absolute atomic E-state index is 11.9. The largest absolute Gasteiger partial charge is 0.444 e. The normalized spacial score (nSPS) is 27.8. The van der Waals surface area contributed by atoms with Gasteiger partial charge in [-0.2, -0.15) is 8.42 Å². The van der Waals surface area contributed by atoms with Gasteiger partial charge < -0.3 is 10.1 Å². The van der Waals surface area contributed by atoms with Crippen molar-refractivity contribution < 1.29 is 22.1 Å². The Labute approximate surface area is 148 Å². The van der Waals surface area contributed by atoms with Gasteiger partial charge >= 0.3 is 6.09 Å². The zero-order chi connectivity index (χ0) is 18.5. The van der Waals surface area contributed by atoms with Crippen LogP contribution in [0.3, 0.4) is 0 Å². The van der Waals surface area contributed by atoms with Crippen LogP contribution in [0.1, 0.15) is 51.3 Å². The van der Waals surface area contributed by atoms with Gasteiger partial charge in [-0.15, -0.1) is 0 Å². The van der Waals surface area contributed by atoms with E-state index in [4.69, 9.17) is 8.92 Å². The molecule has 0 aromatic carbocycles. The highest BCUT2D eigenvalue weighted by Crippen LogP contribution is 2.67. The Morgan fingerprint density at radius 2 is 1.92 bits per heavy atom. The lowest BCUT2D eigenvalue weighted by atomic mass is 9.38. The summed E-state index contributed by atoms with van der Waals surface area (Å²) in [4.78, 5) is 16.4. The highest BCUT2D eigenvalue weighted by molar-refractivity contribution is 7.85. The molecule has 0 radical (unpaired) electrons. The number of nitrogens with zero attached hydrogens (tertiary/aromatic N) is 1. The fraction of sp³-hybridized carbons (Fsp3) is 0.647. The molecule has 1 aromatic rings. The van der Waals surface area contributed by atoms with E-state index < -0.39 is 15.7 Å². The molecule has 0 unspecified atom stereocenters. The summed E-state index contributed by atoms with van der Waals surface area (Å²) in [7, 11) is -3.46. The molecule has 0 spiro atoms. The summed E-state index contributed by atoms with van der Waals surface area (Å²) in [6.07, 6.45) is 4.85. The van der Waals surface area contributed by atoms with Gasteiger partial charge in [0.2, 0.25) is 0 Å². The van der Waals surface area contributed by atoms with Gasteiger partial charge in [-0.3, -0.25) is 9.17 Å². The quantitative estimate of drug-likeness (QED) is 0.801. The number of alkyl carbamates (subject to hydrolysis) is 1. The number of aromatic nitrogens is 1. The minimum Gasteiger partial charge on any atom is -0.444 e. The molecule has 2 bridgehead atoms. The summed E-state index contributed by atoms with van der Waals surface area (Å²) in [6, 6.07) is 3.75. The van der Waals surface area contributed by atoms with Crippen molar-refractivity contribution in [3.8, 4) is 0 Å². The molecule has 3 aliphatic rings. The van der Waals surface area contributed by atoms with E-state index in [9.17, 15) is 13.2 Å². The maximum Gasteiger partial charge on any atom is 0.408 e. The van der Waals surface area contributed by atoms with Gasteiger partial charge in [0.25, 0.3) is 10.1 Å². The van der Waals surface area contributed by atoms with Crippen LogP contribution in [0.2, 0.25) is 0 Å². The standard InChI is InChI=1S/C17H24N2O5S/c1-15(2,3)24-14(20)19-17-9-16(10-17,11-17)13-6-5-12(7-18-13)8-23-25(4,21)22/h5-7H,8-11H2,1-4H3,(H,19,20). The summed E-state index contributed by atoms with van der Waals surface area (Å²) in [6.45, 7) is 5.52. The molecule has 8 heteroatoms. The molecule has 25 heavy (non-hydrogen) atoms. The predicted molar refractivity (Wildman–Crippen MR) is 91.5 cm³/mol. The van der Waals surface area contributed by atoms with E-state index in [1.807, 2.05) is 32.9 Å². The number of hydrogen-bond acceptors (Lipinski definition) is 6. The van der Waals surface area contributed by atoms with Crippen molar-refractivity contribution in [3.05, 3.63) is 29.6 Å². The molecule has 138 valence electrons. The van der Waals surface area contributed by atoms with Gasteiger partial charge in [-0.05, 0) is 51.7 Å². The lowest BCUT2D eigenvalue weighted by molar-refractivity contribution is -0.0908. The minimum atomic E-state index is -3.46. The van der Waals surface area contributed by atoms with E-state index in [0.717, 1.165) is 31.2 Å². The number of ether oxygens (including phenoxy) is 1. The van der Waals surface area contributed by atoms with Crippen molar-refractivity contribution >= 4 is 16.2 Å². The first kappa shape index (κ1) is 18.1. The summed E-state index contributed by atoms with van der Waals surface area (Å²) in [5.74, 6) is 0. The van der Waals surface area contributed by atoms with Crippen LogP contribution in [-0.4, -0.2) is 36.9 Å². The number of carbonyl (C=O) groups is 1. The van der Waals surface area contributed by atoms with Crippen molar-refractivity contribution in [2.24, 2.45) is 0 Å². The van der Waals surface area contributed by atoms with Crippen LogP contribution in [0, 0.1) is 0 Å². The molecule has 1 N–H and O–H groups in total. The second-order valence-electron chi connectivity index (χ2n) is 8.24. The average Bonchev–Trinajstić information content (AvgIpc) is 2.37. The van der Waals surface area contributed by atoms with E-state index in [2.05, 4.69) is 10.3 Å². The van der Waals surface area contributed by atoms with Gasteiger partial charge in [0.15, 0.2) is 0 Å². The first-order chi connectivity index (χ1) is 11.4. The molecule has 1 heterocycles. The summed E-state index contributed by atoms with van der Waals surface area (Å²) in [5, 5.41) is 2.98. The van der Waals surface area contributed by atoms with Crippen molar-refractivity contribution in [1.82, 2.24) is 10.3 Å². The van der Waals surface area contributed by atoms with Gasteiger partial charge in [0.05, 0.1) is 12.9 Å². The fourth-order valence-electron chi connectivity index (χ4n) is 3.71. The second kappa shape index (κ2) is 5.67. The van der Waals surface area contributed by atoms with Crippen LogP contribution in [0.5, 0.6) is 0 Å². The number of rotatable bonds is 5. The topological polar surface area (TPSA) is 94.6 Å². The van der Waals surface area contributed by atoms with Crippen molar-refractivity contribution in [2.45, 2.75) is 63.2 Å². The van der Waals surface area contributed by atoms with E-state index in [1.54, 1.807) is 6.20 Å². The Hall–Kier alpha value is -1.67. The number of pyridine rings is 1. The van der Waals surface area contributed by atoms with Crippen molar-refractivity contribution in [2.75, 3.05) is 6.26 Å². The van der Waals surface area contributed by atoms with Gasteiger partial charge in [-0.25, -0.2) is 4.79 Å². The second-order valence-corrected chi connectivity index (χ2v) is 9.88. The zero-order valence-corrected chi connectivity index (χ0v) is 15.8. The molecule has 3 saturated carbocycles. The van der Waals surface area contributed by atoms with Crippen LogP contribution in [-0.2, 0) is 31.1 Å². The molecule has 1 amide bonds. The van der Waals surface area contributed by atoms with E-state index >= 15 is 0 Å². The van der Waals surface area contributed by atoms with Gasteiger partial charge in [0, 0.05) is 22.8 Å². The first-order valence-corrected chi connectivity index (χ1v) is 10.0. The monoisotopic (exact) mass is 368 g/mol. The Morgan fingerprint density at radius 3 is 2.40 bits per heavy atom. The van der Waals surface area contributed by atoms with E-state index in [1.165, 1.54) is 0 Å². The molecule has 0 saturated heterocycles. The third kappa shape index (κ3) is 3.95. The summed E-state index contributed by atoms with van der Waals surface area (Å²) in [5.41, 5.74) is 1.04. The fourth-order valence-corrected chi connectivity index (χ4v) is 4.06. The van der Waals surface area contributed by atoms with Crippen LogP contribution >= 0.6 is 0 Å². The zero-order valence-electron chi connectivity index (χ0n) is 15.0. The molecule has 0 aliphatic heterocycles. The average molecular weight is 368 g/mol. The molecule has 1 aromatic heterocycles. The number of carbonyl (C=O) groups excluding carboxylic acids is 1. The van der Waals surface area contributed by atoms with Crippen LogP contribution in [0.4, 0.5) is 4.79 Å². The molecule has 0 atom stereocenters. The van der Waals surface area contributed by atoms with Gasteiger partial charge in [-0.1, -0.05) is 6.07 Å². The highest BCUT2D eigenvalue weighted by Gasteiger charge is 2.70. The highest BCUT2D eigenvalue weighted by atomic mass is 32.2. The third-order valence-electron chi connectivity index (χ3n) is 4.60. The predicted octanol–water partition coefficient (Wildman–Crippen LogP) is 2.26.